The number of alkyl halides is 2. The van der Waals surface area contributed by atoms with Gasteiger partial charge in [-0.2, -0.15) is 0 Å². The van der Waals surface area contributed by atoms with Crippen LogP contribution in [-0.4, -0.2) is 32.6 Å². The minimum absolute atomic E-state index is 0.0764. The molecule has 3 nitrogen and oxygen atoms in total. The largest absolute Gasteiger partial charge is 0.233 e. The summed E-state index contributed by atoms with van der Waals surface area (Å²) in [5.41, 5.74) is 0. The van der Waals surface area contributed by atoms with Gasteiger partial charge in [0.25, 0.3) is 0 Å². The van der Waals surface area contributed by atoms with Gasteiger partial charge in [0.1, 0.15) is 0 Å². The number of halogens is 2. The molecule has 0 aromatic carbocycles. The van der Waals surface area contributed by atoms with E-state index in [4.69, 9.17) is 0 Å². The van der Waals surface area contributed by atoms with Crippen LogP contribution in [0.3, 0.4) is 0 Å². The monoisotopic (exact) mass is 159 g/mol. The van der Waals surface area contributed by atoms with Crippen molar-refractivity contribution < 1.29 is 17.2 Å². The molecule has 0 rings (SSSR count). The van der Waals surface area contributed by atoms with Crippen molar-refractivity contribution >= 4 is 10.0 Å². The quantitative estimate of drug-likeness (QED) is 0.548. The highest BCUT2D eigenvalue weighted by atomic mass is 32.2. The van der Waals surface area contributed by atoms with Crippen LogP contribution in [0.1, 0.15) is 0 Å². The number of hydrogen-bond acceptors (Lipinski definition) is 2. The minimum atomic E-state index is -3.68. The highest BCUT2D eigenvalue weighted by Crippen LogP contribution is 1.96. The second-order valence-electron chi connectivity index (χ2n) is 1.45. The molecule has 0 aromatic rings. The van der Waals surface area contributed by atoms with Crippen LogP contribution in [0.5, 0.6) is 0 Å². The van der Waals surface area contributed by atoms with Crippen LogP contribution in [0.2, 0.25) is 0 Å². The van der Waals surface area contributed by atoms with E-state index in [1.54, 1.807) is 0 Å². The molecule has 0 bridgehead atoms. The Kier molecular flexibility index (Phi) is 2.99. The highest BCUT2D eigenvalue weighted by Gasteiger charge is 2.14. The molecule has 0 N–H and O–H groups in total. The first-order chi connectivity index (χ1) is 4.02. The van der Waals surface area contributed by atoms with E-state index in [1.165, 1.54) is 0 Å². The third-order valence-electron chi connectivity index (χ3n) is 0.736. The average molecular weight is 159 g/mol. The third-order valence-corrected chi connectivity index (χ3v) is 1.87. The summed E-state index contributed by atoms with van der Waals surface area (Å²) >= 11 is 0. The predicted octanol–water partition coefficient (Wildman–Crippen LogP) is 0.102. The Morgan fingerprint density at radius 1 is 1.33 bits per heavy atom. The lowest BCUT2D eigenvalue weighted by molar-refractivity contribution is 0.220. The van der Waals surface area contributed by atoms with Crippen molar-refractivity contribution in [3.8, 4) is 0 Å². The highest BCUT2D eigenvalue weighted by molar-refractivity contribution is 7.88. The molecule has 56 valence electrons. The Morgan fingerprint density at radius 3 is 1.67 bits per heavy atom. The molecule has 0 aliphatic carbocycles. The zero-order valence-corrected chi connectivity index (χ0v) is 5.66. The molecule has 0 saturated heterocycles. The van der Waals surface area contributed by atoms with Crippen LogP contribution in [0.15, 0.2) is 0 Å². The standard InChI is InChI=1S/C3H7F2NO2S/c1-9(7,8)6(2-4)3-5/h2-3H2,1H3. The van der Waals surface area contributed by atoms with Crippen molar-refractivity contribution in [2.45, 2.75) is 0 Å². The molecule has 0 spiro atoms. The smallest absolute Gasteiger partial charge is 0.215 e. The summed E-state index contributed by atoms with van der Waals surface area (Å²) in [6, 6.07) is 0. The first-order valence-corrected chi connectivity index (χ1v) is 3.94. The summed E-state index contributed by atoms with van der Waals surface area (Å²) in [7, 11) is -3.68. The van der Waals surface area contributed by atoms with E-state index in [0.29, 0.717) is 0 Å². The summed E-state index contributed by atoms with van der Waals surface area (Å²) in [6.45, 7) is -2.62. The van der Waals surface area contributed by atoms with Gasteiger partial charge < -0.3 is 0 Å². The van der Waals surface area contributed by atoms with Gasteiger partial charge in [-0.05, 0) is 0 Å². The maximum Gasteiger partial charge on any atom is 0.215 e. The van der Waals surface area contributed by atoms with E-state index >= 15 is 0 Å². The molecular weight excluding hydrogens is 152 g/mol. The number of sulfonamides is 1. The Morgan fingerprint density at radius 2 is 1.67 bits per heavy atom. The van der Waals surface area contributed by atoms with Crippen LogP contribution >= 0.6 is 0 Å². The third kappa shape index (κ3) is 2.71. The van der Waals surface area contributed by atoms with E-state index < -0.39 is 23.6 Å². The van der Waals surface area contributed by atoms with E-state index in [-0.39, 0.29) is 4.31 Å². The van der Waals surface area contributed by atoms with Gasteiger partial charge in [0.05, 0.1) is 6.26 Å². The van der Waals surface area contributed by atoms with E-state index in [9.17, 15) is 17.2 Å². The SMILES string of the molecule is CS(=O)(=O)N(CF)CF. The summed E-state index contributed by atoms with van der Waals surface area (Å²) in [6.07, 6.45) is 0.742. The zero-order chi connectivity index (χ0) is 7.49. The molecule has 0 saturated carbocycles. The number of hydrogen-bond donors (Lipinski definition) is 0. The van der Waals surface area contributed by atoms with E-state index in [0.717, 1.165) is 6.26 Å². The fraction of sp³-hybridized carbons (Fsp3) is 1.00. The van der Waals surface area contributed by atoms with Gasteiger partial charge in [-0.1, -0.05) is 0 Å². The first-order valence-electron chi connectivity index (χ1n) is 2.09. The lowest BCUT2D eigenvalue weighted by Crippen LogP contribution is -2.28. The Labute approximate surface area is 52.3 Å². The molecule has 0 atom stereocenters. The predicted molar refractivity (Wildman–Crippen MR) is 28.6 cm³/mol. The molecule has 0 radical (unpaired) electrons. The van der Waals surface area contributed by atoms with Crippen molar-refractivity contribution in [3.63, 3.8) is 0 Å². The maximum atomic E-state index is 11.5. The van der Waals surface area contributed by atoms with Crippen molar-refractivity contribution in [3.05, 3.63) is 0 Å². The second-order valence-corrected chi connectivity index (χ2v) is 3.44. The van der Waals surface area contributed by atoms with Gasteiger partial charge in [-0.25, -0.2) is 17.2 Å². The van der Waals surface area contributed by atoms with Crippen LogP contribution in [0.25, 0.3) is 0 Å². The Hall–Kier alpha value is -0.230. The number of rotatable bonds is 3. The van der Waals surface area contributed by atoms with Gasteiger partial charge in [0.15, 0.2) is 13.6 Å². The van der Waals surface area contributed by atoms with Crippen LogP contribution < -0.4 is 0 Å². The zero-order valence-electron chi connectivity index (χ0n) is 4.84. The van der Waals surface area contributed by atoms with Gasteiger partial charge in [0.2, 0.25) is 10.0 Å². The Balaban J connectivity index is 4.14. The second kappa shape index (κ2) is 3.07. The fourth-order valence-electron chi connectivity index (χ4n) is 0.209. The van der Waals surface area contributed by atoms with Crippen LogP contribution in [0, 0.1) is 0 Å². The summed E-state index contributed by atoms with van der Waals surface area (Å²) in [5.74, 6) is 0. The summed E-state index contributed by atoms with van der Waals surface area (Å²) < 4.78 is 43.5. The van der Waals surface area contributed by atoms with Crippen molar-refractivity contribution in [2.75, 3.05) is 19.9 Å². The van der Waals surface area contributed by atoms with Crippen molar-refractivity contribution in [1.82, 2.24) is 4.31 Å². The van der Waals surface area contributed by atoms with Crippen LogP contribution in [0.4, 0.5) is 8.78 Å². The lowest BCUT2D eigenvalue weighted by atomic mass is 11.2. The van der Waals surface area contributed by atoms with Crippen molar-refractivity contribution in [1.29, 1.82) is 0 Å². The molecule has 0 aliphatic rings. The molecule has 6 heteroatoms. The first kappa shape index (κ1) is 8.77. The van der Waals surface area contributed by atoms with Gasteiger partial charge in [-0.15, -0.1) is 4.31 Å². The van der Waals surface area contributed by atoms with E-state index in [2.05, 4.69) is 0 Å². The summed E-state index contributed by atoms with van der Waals surface area (Å²) in [4.78, 5) is 0. The molecule has 0 amide bonds. The normalized spacial score (nSPS) is 12.4. The molecular formula is C3H7F2NO2S. The Bertz CT molecular complexity index is 163. The molecule has 9 heavy (non-hydrogen) atoms. The van der Waals surface area contributed by atoms with Crippen LogP contribution in [-0.2, 0) is 10.0 Å². The molecule has 0 fully saturated rings. The van der Waals surface area contributed by atoms with E-state index in [1.807, 2.05) is 0 Å². The minimum Gasteiger partial charge on any atom is -0.233 e. The average Bonchev–Trinajstić information content (AvgIpc) is 1.65. The lowest BCUT2D eigenvalue weighted by Gasteiger charge is -2.08. The molecule has 0 aromatic heterocycles. The fourth-order valence-corrected chi connectivity index (χ4v) is 0.564. The molecule has 0 unspecified atom stereocenters. The number of nitrogens with zero attached hydrogens (tertiary/aromatic N) is 1. The van der Waals surface area contributed by atoms with Gasteiger partial charge >= 0.3 is 0 Å². The van der Waals surface area contributed by atoms with Crippen molar-refractivity contribution in [2.24, 2.45) is 0 Å². The molecule has 0 aliphatic heterocycles. The van der Waals surface area contributed by atoms with Gasteiger partial charge in [-0.3, -0.25) is 0 Å². The maximum absolute atomic E-state index is 11.5. The van der Waals surface area contributed by atoms with Gasteiger partial charge in [0, 0.05) is 0 Å². The summed E-state index contributed by atoms with van der Waals surface area (Å²) in [5, 5.41) is 0. The molecule has 0 heterocycles. The topological polar surface area (TPSA) is 37.4 Å².